The number of para-hydroxylation sites is 1. The SMILES string of the molecule is C=CCc1cc(C=C2SC(=O)N(Cc3ccccc3[N+](=O)[O-])C2=O)cc(OCC)c1OCc1ccc(Br)cc1. The number of hydrogen-bond donors (Lipinski definition) is 0. The molecule has 1 aliphatic rings. The number of nitrogens with zero attached hydrogens (tertiary/aromatic N) is 2. The third-order valence-electron chi connectivity index (χ3n) is 5.80. The zero-order valence-electron chi connectivity index (χ0n) is 21.1. The van der Waals surface area contributed by atoms with Crippen LogP contribution in [-0.4, -0.2) is 27.6 Å². The van der Waals surface area contributed by atoms with Gasteiger partial charge in [0.25, 0.3) is 16.8 Å². The summed E-state index contributed by atoms with van der Waals surface area (Å²) >= 11 is 4.23. The molecule has 0 atom stereocenters. The van der Waals surface area contributed by atoms with Crippen molar-refractivity contribution in [3.63, 3.8) is 0 Å². The van der Waals surface area contributed by atoms with Crippen molar-refractivity contribution < 1.29 is 24.0 Å². The predicted molar refractivity (Wildman–Crippen MR) is 155 cm³/mol. The van der Waals surface area contributed by atoms with E-state index >= 15 is 0 Å². The maximum absolute atomic E-state index is 13.1. The molecule has 3 aromatic carbocycles. The number of hydrogen-bond acceptors (Lipinski definition) is 7. The van der Waals surface area contributed by atoms with Gasteiger partial charge in [0.1, 0.15) is 6.61 Å². The quantitative estimate of drug-likeness (QED) is 0.0974. The minimum atomic E-state index is -0.527. The van der Waals surface area contributed by atoms with E-state index in [0.717, 1.165) is 32.3 Å². The van der Waals surface area contributed by atoms with Gasteiger partial charge in [-0.1, -0.05) is 52.3 Å². The Morgan fingerprint density at radius 2 is 1.82 bits per heavy atom. The van der Waals surface area contributed by atoms with Crippen LogP contribution in [0.25, 0.3) is 6.08 Å². The second-order valence-corrected chi connectivity index (χ2v) is 10.4. The molecule has 3 aromatic rings. The molecule has 0 aliphatic carbocycles. The minimum Gasteiger partial charge on any atom is -0.490 e. The Hall–Kier alpha value is -3.89. The van der Waals surface area contributed by atoms with Crippen LogP contribution in [0.1, 0.15) is 29.2 Å². The number of nitro benzene ring substituents is 1. The van der Waals surface area contributed by atoms with Gasteiger partial charge < -0.3 is 9.47 Å². The largest absolute Gasteiger partial charge is 0.490 e. The van der Waals surface area contributed by atoms with Gasteiger partial charge in [0, 0.05) is 21.7 Å². The molecular formula is C29H25BrN2O6S. The Labute approximate surface area is 238 Å². The van der Waals surface area contributed by atoms with Crippen LogP contribution < -0.4 is 9.47 Å². The van der Waals surface area contributed by atoms with Crippen LogP contribution in [0.15, 0.2) is 82.7 Å². The highest BCUT2D eigenvalue weighted by molar-refractivity contribution is 9.10. The number of thioether (sulfide) groups is 1. The molecule has 2 amide bonds. The van der Waals surface area contributed by atoms with Gasteiger partial charge in [-0.05, 0) is 66.6 Å². The van der Waals surface area contributed by atoms with Crippen molar-refractivity contribution in [3.8, 4) is 11.5 Å². The van der Waals surface area contributed by atoms with Crippen molar-refractivity contribution in [1.82, 2.24) is 4.90 Å². The fourth-order valence-electron chi connectivity index (χ4n) is 4.02. The lowest BCUT2D eigenvalue weighted by molar-refractivity contribution is -0.385. The Morgan fingerprint density at radius 3 is 2.51 bits per heavy atom. The van der Waals surface area contributed by atoms with Gasteiger partial charge in [-0.25, -0.2) is 0 Å². The molecule has 0 N–H and O–H groups in total. The predicted octanol–water partition coefficient (Wildman–Crippen LogP) is 7.30. The smallest absolute Gasteiger partial charge is 0.293 e. The highest BCUT2D eigenvalue weighted by Crippen LogP contribution is 2.38. The number of ether oxygens (including phenoxy) is 2. The molecule has 1 saturated heterocycles. The second kappa shape index (κ2) is 12.8. The lowest BCUT2D eigenvalue weighted by atomic mass is 10.0. The lowest BCUT2D eigenvalue weighted by Crippen LogP contribution is -2.27. The number of benzene rings is 3. The summed E-state index contributed by atoms with van der Waals surface area (Å²) in [7, 11) is 0. The summed E-state index contributed by atoms with van der Waals surface area (Å²) in [6.07, 6.45) is 3.87. The Bertz CT molecular complexity index is 1450. The van der Waals surface area contributed by atoms with E-state index in [1.807, 2.05) is 37.3 Å². The van der Waals surface area contributed by atoms with Crippen LogP contribution in [0.2, 0.25) is 0 Å². The van der Waals surface area contributed by atoms with Crippen molar-refractivity contribution >= 4 is 50.6 Å². The summed E-state index contributed by atoms with van der Waals surface area (Å²) in [6.45, 7) is 6.27. The topological polar surface area (TPSA) is 99.0 Å². The third-order valence-corrected chi connectivity index (χ3v) is 7.24. The van der Waals surface area contributed by atoms with Crippen molar-refractivity contribution in [2.75, 3.05) is 6.61 Å². The zero-order chi connectivity index (χ0) is 27.9. The van der Waals surface area contributed by atoms with Crippen LogP contribution in [-0.2, 0) is 24.4 Å². The molecule has 0 saturated carbocycles. The van der Waals surface area contributed by atoms with Gasteiger partial charge in [0.2, 0.25) is 0 Å². The Balaban J connectivity index is 1.62. The molecule has 1 fully saturated rings. The highest BCUT2D eigenvalue weighted by Gasteiger charge is 2.36. The van der Waals surface area contributed by atoms with Gasteiger partial charge in [0.05, 0.1) is 23.0 Å². The van der Waals surface area contributed by atoms with Crippen molar-refractivity contribution in [2.24, 2.45) is 0 Å². The zero-order valence-corrected chi connectivity index (χ0v) is 23.5. The van der Waals surface area contributed by atoms with Crippen LogP contribution in [0, 0.1) is 10.1 Å². The number of halogens is 1. The number of allylic oxidation sites excluding steroid dienone is 1. The van der Waals surface area contributed by atoms with Gasteiger partial charge in [-0.15, -0.1) is 6.58 Å². The summed E-state index contributed by atoms with van der Waals surface area (Å²) in [6, 6.07) is 17.5. The first-order valence-corrected chi connectivity index (χ1v) is 13.7. The van der Waals surface area contributed by atoms with E-state index in [9.17, 15) is 19.7 Å². The molecule has 39 heavy (non-hydrogen) atoms. The van der Waals surface area contributed by atoms with Gasteiger partial charge in [-0.3, -0.25) is 24.6 Å². The highest BCUT2D eigenvalue weighted by atomic mass is 79.9. The molecule has 1 aliphatic heterocycles. The van der Waals surface area contributed by atoms with E-state index in [-0.39, 0.29) is 22.7 Å². The fourth-order valence-corrected chi connectivity index (χ4v) is 5.12. The minimum absolute atomic E-state index is 0.144. The maximum Gasteiger partial charge on any atom is 0.293 e. The molecule has 8 nitrogen and oxygen atoms in total. The number of imide groups is 1. The summed E-state index contributed by atoms with van der Waals surface area (Å²) in [5, 5.41) is 10.9. The first kappa shape index (κ1) is 28.1. The number of nitro groups is 1. The molecule has 0 radical (unpaired) electrons. The maximum atomic E-state index is 13.1. The molecule has 10 heteroatoms. The second-order valence-electron chi connectivity index (χ2n) is 8.50. The molecule has 0 spiro atoms. The lowest BCUT2D eigenvalue weighted by Gasteiger charge is -2.17. The van der Waals surface area contributed by atoms with Crippen LogP contribution in [0.5, 0.6) is 11.5 Å². The average Bonchev–Trinajstić information content (AvgIpc) is 3.17. The Kier molecular flexibility index (Phi) is 9.21. The van der Waals surface area contributed by atoms with Crippen LogP contribution in [0.3, 0.4) is 0 Å². The molecule has 200 valence electrons. The standard InChI is InChI=1S/C29H25BrN2O6S/c1-3-7-21-14-20(15-25(37-4-2)27(21)38-18-19-10-12-23(30)13-11-19)16-26-28(33)31(29(34)39-26)17-22-8-5-6-9-24(22)32(35)36/h3,5-6,8-16H,1,4,7,17-18H2,2H3. The van der Waals surface area contributed by atoms with E-state index in [1.165, 1.54) is 12.1 Å². The van der Waals surface area contributed by atoms with Gasteiger partial charge >= 0.3 is 0 Å². The fraction of sp³-hybridized carbons (Fsp3) is 0.172. The van der Waals surface area contributed by atoms with E-state index in [2.05, 4.69) is 22.5 Å². The number of carbonyl (C=O) groups excluding carboxylic acids is 2. The summed E-state index contributed by atoms with van der Waals surface area (Å²) in [5.41, 5.74) is 2.60. The van der Waals surface area contributed by atoms with Gasteiger partial charge in [-0.2, -0.15) is 0 Å². The average molecular weight is 609 g/mol. The van der Waals surface area contributed by atoms with Gasteiger partial charge in [0.15, 0.2) is 11.5 Å². The van der Waals surface area contributed by atoms with E-state index in [0.29, 0.717) is 36.7 Å². The third kappa shape index (κ3) is 6.76. The first-order chi connectivity index (χ1) is 18.8. The van der Waals surface area contributed by atoms with E-state index in [4.69, 9.17) is 9.47 Å². The number of rotatable bonds is 11. The summed E-state index contributed by atoms with van der Waals surface area (Å²) in [5.74, 6) is 0.586. The van der Waals surface area contributed by atoms with E-state index in [1.54, 1.807) is 30.4 Å². The van der Waals surface area contributed by atoms with Crippen molar-refractivity contribution in [1.29, 1.82) is 0 Å². The molecule has 0 aromatic heterocycles. The number of carbonyl (C=O) groups is 2. The summed E-state index contributed by atoms with van der Waals surface area (Å²) < 4.78 is 13.0. The Morgan fingerprint density at radius 1 is 1.08 bits per heavy atom. The summed E-state index contributed by atoms with van der Waals surface area (Å²) in [4.78, 5) is 37.9. The monoisotopic (exact) mass is 608 g/mol. The molecular weight excluding hydrogens is 584 g/mol. The molecule has 0 unspecified atom stereocenters. The first-order valence-electron chi connectivity index (χ1n) is 12.1. The molecule has 0 bridgehead atoms. The molecule has 1 heterocycles. The van der Waals surface area contributed by atoms with Crippen molar-refractivity contribution in [3.05, 3.63) is 115 Å². The van der Waals surface area contributed by atoms with Crippen molar-refractivity contribution in [2.45, 2.75) is 26.5 Å². The normalized spacial score (nSPS) is 14.1. The van der Waals surface area contributed by atoms with Crippen LogP contribution >= 0.6 is 27.7 Å². The molecule has 4 rings (SSSR count). The van der Waals surface area contributed by atoms with E-state index < -0.39 is 16.1 Å². The van der Waals surface area contributed by atoms with Crippen LogP contribution in [0.4, 0.5) is 10.5 Å². The number of amides is 2.